The van der Waals surface area contributed by atoms with Crippen molar-refractivity contribution in [1.82, 2.24) is 9.99 Å². The smallest absolute Gasteiger partial charge is 0.246 e. The van der Waals surface area contributed by atoms with Gasteiger partial charge in [0.2, 0.25) is 11.8 Å². The van der Waals surface area contributed by atoms with Crippen LogP contribution in [0.4, 0.5) is 0 Å². The van der Waals surface area contributed by atoms with Gasteiger partial charge in [-0.1, -0.05) is 24.3 Å². The Morgan fingerprint density at radius 3 is 2.77 bits per heavy atom. The monoisotopic (exact) mass is 414 g/mol. The Morgan fingerprint density at radius 1 is 1.19 bits per heavy atom. The summed E-state index contributed by atoms with van der Waals surface area (Å²) in [5, 5.41) is 15.1. The van der Waals surface area contributed by atoms with E-state index in [9.17, 15) is 4.79 Å². The number of benzene rings is 1. The Hall–Kier alpha value is -3.20. The van der Waals surface area contributed by atoms with Crippen LogP contribution in [0.1, 0.15) is 48.4 Å². The standard InChI is InChI=1S/C25H26N4O2/c1-16-4-2-3-5-21(16)23-8-9-28-29(23)25(30)22-12-20(18-10-19(22)11-18)15-31-24-7-6-17(13-26)14-27-24/h2-7,9,14,18-20,22-23H,8,10-12,15H2,1H3/t18?,19?,20?,22-,23?/m0/s1. The number of carbonyl (C=O) groups excluding carboxylic acids is 1. The lowest BCUT2D eigenvalue weighted by Crippen LogP contribution is -2.50. The van der Waals surface area contributed by atoms with Crippen LogP contribution in [0.5, 0.6) is 5.88 Å². The van der Waals surface area contributed by atoms with E-state index in [-0.39, 0.29) is 17.9 Å². The first-order valence-corrected chi connectivity index (χ1v) is 11.0. The number of amides is 1. The Labute approximate surface area is 182 Å². The molecular weight excluding hydrogens is 388 g/mol. The second-order valence-electron chi connectivity index (χ2n) is 8.99. The zero-order chi connectivity index (χ0) is 21.4. The van der Waals surface area contributed by atoms with Gasteiger partial charge in [-0.2, -0.15) is 10.4 Å². The fourth-order valence-corrected chi connectivity index (χ4v) is 5.38. The van der Waals surface area contributed by atoms with Gasteiger partial charge in [0.05, 0.1) is 18.2 Å². The van der Waals surface area contributed by atoms with Crippen molar-refractivity contribution in [2.75, 3.05) is 6.61 Å². The van der Waals surface area contributed by atoms with Gasteiger partial charge in [0, 0.05) is 30.8 Å². The van der Waals surface area contributed by atoms with E-state index in [1.165, 1.54) is 17.3 Å². The molecule has 6 nitrogen and oxygen atoms in total. The highest BCUT2D eigenvalue weighted by Crippen LogP contribution is 2.53. The predicted octanol–water partition coefficient (Wildman–Crippen LogP) is 4.26. The number of hydrogen-bond acceptors (Lipinski definition) is 5. The Kier molecular flexibility index (Phi) is 5.19. The lowest BCUT2D eigenvalue weighted by atomic mass is 9.55. The van der Waals surface area contributed by atoms with E-state index in [1.54, 1.807) is 17.1 Å². The molecule has 1 aromatic carbocycles. The maximum Gasteiger partial charge on any atom is 0.246 e. The number of ether oxygens (including phenoxy) is 1. The van der Waals surface area contributed by atoms with Gasteiger partial charge in [-0.3, -0.25) is 4.79 Å². The highest BCUT2D eigenvalue weighted by atomic mass is 16.5. The minimum absolute atomic E-state index is 0.00375. The second kappa shape index (κ2) is 8.14. The third kappa shape index (κ3) is 3.69. The highest BCUT2D eigenvalue weighted by molar-refractivity contribution is 5.82. The average Bonchev–Trinajstić information content (AvgIpc) is 3.26. The average molecular weight is 415 g/mol. The molecule has 3 aliphatic carbocycles. The van der Waals surface area contributed by atoms with Gasteiger partial charge in [-0.15, -0.1) is 0 Å². The Balaban J connectivity index is 1.26. The predicted molar refractivity (Wildman–Crippen MR) is 116 cm³/mol. The van der Waals surface area contributed by atoms with Crippen molar-refractivity contribution >= 4 is 12.1 Å². The molecule has 1 aromatic heterocycles. The number of hydrogen-bond donors (Lipinski definition) is 0. The van der Waals surface area contributed by atoms with Crippen LogP contribution in [-0.2, 0) is 4.79 Å². The number of nitrogens with zero attached hydrogens (tertiary/aromatic N) is 4. The van der Waals surface area contributed by atoms with Crippen molar-refractivity contribution in [1.29, 1.82) is 5.26 Å². The van der Waals surface area contributed by atoms with Crippen molar-refractivity contribution < 1.29 is 9.53 Å². The van der Waals surface area contributed by atoms with E-state index in [0.29, 0.717) is 35.8 Å². The number of pyridine rings is 1. The molecule has 0 saturated heterocycles. The van der Waals surface area contributed by atoms with Crippen molar-refractivity contribution in [3.63, 3.8) is 0 Å². The van der Waals surface area contributed by atoms with Crippen LogP contribution in [0.3, 0.4) is 0 Å². The maximum atomic E-state index is 13.5. The van der Waals surface area contributed by atoms with Gasteiger partial charge >= 0.3 is 0 Å². The van der Waals surface area contributed by atoms with E-state index in [2.05, 4.69) is 35.2 Å². The van der Waals surface area contributed by atoms with E-state index < -0.39 is 0 Å². The van der Waals surface area contributed by atoms with Crippen LogP contribution in [-0.4, -0.2) is 28.7 Å². The molecule has 1 aliphatic heterocycles. The van der Waals surface area contributed by atoms with Crippen LogP contribution in [0, 0.1) is 41.9 Å². The summed E-state index contributed by atoms with van der Waals surface area (Å²) in [6.07, 6.45) is 7.21. The van der Waals surface area contributed by atoms with Gasteiger partial charge in [-0.05, 0) is 61.1 Å². The molecule has 2 heterocycles. The maximum absolute atomic E-state index is 13.5. The van der Waals surface area contributed by atoms with Gasteiger partial charge in [0.25, 0.3) is 0 Å². The van der Waals surface area contributed by atoms with Crippen molar-refractivity contribution in [2.45, 2.75) is 38.6 Å². The number of fused-ring (bicyclic) bond motifs is 2. The van der Waals surface area contributed by atoms with Gasteiger partial charge in [0.1, 0.15) is 6.07 Å². The molecule has 1 amide bonds. The largest absolute Gasteiger partial charge is 0.477 e. The van der Waals surface area contributed by atoms with Gasteiger partial charge in [0.15, 0.2) is 0 Å². The molecular formula is C25H26N4O2. The fourth-order valence-electron chi connectivity index (χ4n) is 5.38. The summed E-state index contributed by atoms with van der Waals surface area (Å²) in [4.78, 5) is 17.8. The molecule has 6 rings (SSSR count). The van der Waals surface area contributed by atoms with Crippen LogP contribution in [0.25, 0.3) is 0 Å². The molecule has 0 spiro atoms. The molecule has 6 heteroatoms. The topological polar surface area (TPSA) is 78.6 Å². The summed E-state index contributed by atoms with van der Waals surface area (Å²) in [6, 6.07) is 13.8. The number of aromatic nitrogens is 1. The summed E-state index contributed by atoms with van der Waals surface area (Å²) in [7, 11) is 0. The third-order valence-electron chi connectivity index (χ3n) is 7.23. The second-order valence-corrected chi connectivity index (χ2v) is 8.99. The summed E-state index contributed by atoms with van der Waals surface area (Å²) in [6.45, 7) is 2.66. The number of hydrazone groups is 1. The molecule has 3 fully saturated rings. The number of nitriles is 1. The minimum Gasteiger partial charge on any atom is -0.477 e. The summed E-state index contributed by atoms with van der Waals surface area (Å²) < 4.78 is 5.92. The minimum atomic E-state index is 0.00375. The van der Waals surface area contributed by atoms with Crippen LogP contribution in [0.15, 0.2) is 47.7 Å². The van der Waals surface area contributed by atoms with Crippen LogP contribution in [0.2, 0.25) is 0 Å². The number of rotatable bonds is 5. The molecule has 3 atom stereocenters. The SMILES string of the molecule is Cc1ccccc1C1CC=NN1C(=O)[C@H]1CC(COc2ccc(C#N)cn2)C2CC1C2. The lowest BCUT2D eigenvalue weighted by Gasteiger charge is -2.51. The summed E-state index contributed by atoms with van der Waals surface area (Å²) in [5.74, 6) is 2.14. The van der Waals surface area contributed by atoms with E-state index in [4.69, 9.17) is 10.00 Å². The van der Waals surface area contributed by atoms with Crippen LogP contribution < -0.4 is 4.74 Å². The highest BCUT2D eigenvalue weighted by Gasteiger charge is 2.50. The Morgan fingerprint density at radius 2 is 2.03 bits per heavy atom. The first-order chi connectivity index (χ1) is 15.1. The van der Waals surface area contributed by atoms with E-state index >= 15 is 0 Å². The zero-order valence-corrected chi connectivity index (χ0v) is 17.6. The molecule has 31 heavy (non-hydrogen) atoms. The quantitative estimate of drug-likeness (QED) is 0.732. The third-order valence-corrected chi connectivity index (χ3v) is 7.23. The van der Waals surface area contributed by atoms with Gasteiger partial charge < -0.3 is 4.74 Å². The lowest BCUT2D eigenvalue weighted by molar-refractivity contribution is -0.148. The normalized spacial score (nSPS) is 28.6. The summed E-state index contributed by atoms with van der Waals surface area (Å²) >= 11 is 0. The molecule has 2 unspecified atom stereocenters. The molecule has 0 radical (unpaired) electrons. The zero-order valence-electron chi connectivity index (χ0n) is 17.6. The van der Waals surface area contributed by atoms with Crippen molar-refractivity contribution in [3.05, 3.63) is 59.3 Å². The van der Waals surface area contributed by atoms with Crippen molar-refractivity contribution in [3.8, 4) is 11.9 Å². The Bertz CT molecular complexity index is 1040. The van der Waals surface area contributed by atoms with Crippen molar-refractivity contribution in [2.24, 2.45) is 28.8 Å². The molecule has 2 bridgehead atoms. The molecule has 4 aliphatic rings. The fraction of sp³-hybridized carbons (Fsp3) is 0.440. The molecule has 2 aromatic rings. The van der Waals surface area contributed by atoms with Crippen LogP contribution >= 0.6 is 0 Å². The number of aryl methyl sites for hydroxylation is 1. The first-order valence-electron chi connectivity index (χ1n) is 11.0. The molecule has 0 N–H and O–H groups in total. The van der Waals surface area contributed by atoms with Gasteiger partial charge in [-0.25, -0.2) is 9.99 Å². The van der Waals surface area contributed by atoms with E-state index in [1.807, 2.05) is 18.3 Å². The number of carbonyl (C=O) groups is 1. The molecule has 158 valence electrons. The summed E-state index contributed by atoms with van der Waals surface area (Å²) in [5.41, 5.74) is 2.90. The first kappa shape index (κ1) is 19.7. The van der Waals surface area contributed by atoms with E-state index in [0.717, 1.165) is 25.7 Å². The molecule has 3 saturated carbocycles.